The van der Waals surface area contributed by atoms with E-state index in [9.17, 15) is 44.3 Å². The maximum atomic E-state index is 13.9. The van der Waals surface area contributed by atoms with Crippen LogP contribution in [0.25, 0.3) is 11.1 Å². The van der Waals surface area contributed by atoms with Gasteiger partial charge in [-0.15, -0.1) is 0 Å². The van der Waals surface area contributed by atoms with Crippen molar-refractivity contribution in [2.45, 2.75) is 30.6 Å². The Hall–Kier alpha value is -4.06. The Kier molecular flexibility index (Phi) is 5.94. The van der Waals surface area contributed by atoms with Gasteiger partial charge < -0.3 is 31.3 Å². The van der Waals surface area contributed by atoms with E-state index < -0.39 is 87.2 Å². The predicted molar refractivity (Wildman–Crippen MR) is 135 cm³/mol. The quantitative estimate of drug-likeness (QED) is 0.315. The maximum Gasteiger partial charge on any atom is 0.255 e. The van der Waals surface area contributed by atoms with Gasteiger partial charge in [-0.25, -0.2) is 4.39 Å². The Bertz CT molecular complexity index is 1510. The van der Waals surface area contributed by atoms with Crippen LogP contribution in [0.15, 0.2) is 59.1 Å². The number of carbonyl (C=O) groups is 3. The second-order valence-corrected chi connectivity index (χ2v) is 10.5. The fourth-order valence-electron chi connectivity index (χ4n) is 6.58. The number of ketones is 2. The number of nitrogens with two attached hydrogens (primary N) is 1. The Labute approximate surface area is 222 Å². The lowest BCUT2D eigenvalue weighted by atomic mass is 9.55. The van der Waals surface area contributed by atoms with Gasteiger partial charge in [0.15, 0.2) is 11.4 Å². The summed E-state index contributed by atoms with van der Waals surface area (Å²) in [6.07, 6.45) is -1.70. The third-order valence-corrected chi connectivity index (χ3v) is 8.26. The summed E-state index contributed by atoms with van der Waals surface area (Å²) in [5, 5.41) is 56.5. The van der Waals surface area contributed by atoms with Gasteiger partial charge in [0.05, 0.1) is 23.6 Å². The lowest BCUT2D eigenvalue weighted by Gasteiger charge is -2.53. The molecule has 10 nitrogen and oxygen atoms in total. The fourth-order valence-corrected chi connectivity index (χ4v) is 6.58. The molecule has 1 amide bonds. The number of rotatable bonds is 3. The third-order valence-electron chi connectivity index (χ3n) is 8.26. The summed E-state index contributed by atoms with van der Waals surface area (Å²) in [5.74, 6) is -10.1. The molecule has 0 radical (unpaired) electrons. The zero-order valence-electron chi connectivity index (χ0n) is 21.2. The number of aliphatic hydroxyl groups excluding tert-OH is 3. The fraction of sp³-hybridized carbons (Fsp3) is 0.321. The van der Waals surface area contributed by atoms with Gasteiger partial charge >= 0.3 is 0 Å². The average Bonchev–Trinajstić information content (AvgIpc) is 2.86. The molecule has 0 aliphatic heterocycles. The summed E-state index contributed by atoms with van der Waals surface area (Å²) < 4.78 is 13.6. The number of fused-ring (bicyclic) bond motifs is 3. The molecule has 39 heavy (non-hydrogen) atoms. The van der Waals surface area contributed by atoms with Crippen LogP contribution in [-0.2, 0) is 9.59 Å². The van der Waals surface area contributed by atoms with E-state index in [1.165, 1.54) is 49.3 Å². The van der Waals surface area contributed by atoms with E-state index in [0.717, 1.165) is 0 Å². The molecule has 5 rings (SSSR count). The van der Waals surface area contributed by atoms with E-state index in [1.54, 1.807) is 13.0 Å². The zero-order valence-corrected chi connectivity index (χ0v) is 21.2. The highest BCUT2D eigenvalue weighted by atomic mass is 19.1. The molecule has 0 saturated heterocycles. The SMILES string of the molecule is C[C@H]1c2c(-c3ccc(F)cc3)ccc(O)c2C(=O)C2=C(O)[C@]3(O)C(=O)C(C(N)=O)=C(O)[C@@H](N(C)C)[C@@H]3[C@@H](O)[C@@H]21. The van der Waals surface area contributed by atoms with Gasteiger partial charge in [-0.3, -0.25) is 19.3 Å². The molecule has 0 unspecified atom stereocenters. The number of benzene rings is 2. The van der Waals surface area contributed by atoms with Crippen molar-refractivity contribution in [2.24, 2.45) is 17.6 Å². The number of hydrogen-bond acceptors (Lipinski definition) is 9. The van der Waals surface area contributed by atoms with Crippen molar-refractivity contribution in [3.05, 3.63) is 76.0 Å². The van der Waals surface area contributed by atoms with Gasteiger partial charge in [-0.2, -0.15) is 0 Å². The van der Waals surface area contributed by atoms with Crippen LogP contribution in [0.4, 0.5) is 4.39 Å². The average molecular weight is 539 g/mol. The lowest BCUT2D eigenvalue weighted by Crippen LogP contribution is -2.68. The number of phenols is 1. The van der Waals surface area contributed by atoms with Gasteiger partial charge in [0.2, 0.25) is 5.78 Å². The van der Waals surface area contributed by atoms with Crippen LogP contribution in [0.2, 0.25) is 0 Å². The Morgan fingerprint density at radius 3 is 2.23 bits per heavy atom. The largest absolute Gasteiger partial charge is 0.510 e. The molecule has 0 fully saturated rings. The molecule has 204 valence electrons. The molecule has 7 N–H and O–H groups in total. The van der Waals surface area contributed by atoms with E-state index >= 15 is 0 Å². The Balaban J connectivity index is 1.81. The Morgan fingerprint density at radius 2 is 1.67 bits per heavy atom. The molecule has 2 aromatic rings. The number of hydrogen-bond donors (Lipinski definition) is 6. The van der Waals surface area contributed by atoms with Gasteiger partial charge in [0, 0.05) is 11.5 Å². The second kappa shape index (κ2) is 8.73. The summed E-state index contributed by atoms with van der Waals surface area (Å²) in [6.45, 7) is 1.64. The number of amides is 1. The van der Waals surface area contributed by atoms with Crippen molar-refractivity contribution in [1.82, 2.24) is 4.90 Å². The highest BCUT2D eigenvalue weighted by molar-refractivity contribution is 6.25. The van der Waals surface area contributed by atoms with E-state index in [4.69, 9.17) is 5.73 Å². The maximum absolute atomic E-state index is 13.9. The van der Waals surface area contributed by atoms with Crippen LogP contribution in [0.1, 0.15) is 28.8 Å². The second-order valence-electron chi connectivity index (χ2n) is 10.5. The third kappa shape index (κ3) is 3.40. The van der Waals surface area contributed by atoms with E-state index in [-0.39, 0.29) is 5.56 Å². The number of phenolic OH excluding ortho intramolecular Hbond substituents is 1. The number of likely N-dealkylation sites (N-methyl/N-ethyl adjacent to an activating group) is 1. The van der Waals surface area contributed by atoms with Crippen molar-refractivity contribution in [2.75, 3.05) is 14.1 Å². The zero-order chi connectivity index (χ0) is 28.7. The van der Waals surface area contributed by atoms with E-state index in [2.05, 4.69) is 0 Å². The first kappa shape index (κ1) is 26.5. The van der Waals surface area contributed by atoms with Gasteiger partial charge in [0.25, 0.3) is 5.91 Å². The van der Waals surface area contributed by atoms with Gasteiger partial charge in [-0.1, -0.05) is 25.1 Å². The molecule has 11 heteroatoms. The molecule has 0 saturated carbocycles. The van der Waals surface area contributed by atoms with Crippen LogP contribution >= 0.6 is 0 Å². The molecular weight excluding hydrogens is 511 g/mol. The van der Waals surface area contributed by atoms with Crippen molar-refractivity contribution >= 4 is 17.5 Å². The van der Waals surface area contributed by atoms with Crippen molar-refractivity contribution in [1.29, 1.82) is 0 Å². The normalized spacial score (nSPS) is 30.3. The number of nitrogens with zero attached hydrogens (tertiary/aromatic N) is 1. The summed E-state index contributed by atoms with van der Waals surface area (Å²) >= 11 is 0. The monoisotopic (exact) mass is 538 g/mol. The summed E-state index contributed by atoms with van der Waals surface area (Å²) in [6, 6.07) is 6.91. The lowest BCUT2D eigenvalue weighted by molar-refractivity contribution is -0.162. The molecular formula is C28H27FN2O8. The number of aliphatic hydroxyl groups is 4. The number of primary amides is 1. The smallest absolute Gasteiger partial charge is 0.255 e. The number of halogens is 1. The van der Waals surface area contributed by atoms with E-state index in [1.807, 2.05) is 0 Å². The molecule has 0 bridgehead atoms. The molecule has 0 spiro atoms. The number of Topliss-reactive ketones (excluding diaryl/α,β-unsaturated/α-hetero) is 2. The summed E-state index contributed by atoms with van der Waals surface area (Å²) in [5.41, 5.74) is 2.00. The number of aromatic hydroxyl groups is 1. The molecule has 2 aromatic carbocycles. The first-order valence-electron chi connectivity index (χ1n) is 12.2. The van der Waals surface area contributed by atoms with Gasteiger partial charge in [0.1, 0.15) is 28.7 Å². The topological polar surface area (TPSA) is 182 Å². The van der Waals surface area contributed by atoms with Crippen LogP contribution in [0.3, 0.4) is 0 Å². The molecule has 0 heterocycles. The van der Waals surface area contributed by atoms with Crippen LogP contribution in [0, 0.1) is 17.7 Å². The predicted octanol–water partition coefficient (Wildman–Crippen LogP) is 1.46. The number of carbonyl (C=O) groups excluding carboxylic acids is 3. The standard InChI is InChI=1S/C28H27FN2O8/c1-10-15-13(11-4-6-12(29)7-5-11)8-9-14(32)17(15)22(33)18-16(10)23(34)20-21(31(2)3)24(35)19(27(30)38)26(37)28(20,39)25(18)36/h4-10,16,20-21,23,32,34-36,39H,1-3H3,(H2,30,38)/t10-,16+,20+,21-,23-,28-/m0/s1. The van der Waals surface area contributed by atoms with Crippen LogP contribution in [0.5, 0.6) is 5.75 Å². The van der Waals surface area contributed by atoms with Crippen molar-refractivity contribution in [3.8, 4) is 16.9 Å². The van der Waals surface area contributed by atoms with Crippen molar-refractivity contribution in [3.63, 3.8) is 0 Å². The summed E-state index contributed by atoms with van der Waals surface area (Å²) in [7, 11) is 2.93. The first-order chi connectivity index (χ1) is 18.2. The minimum Gasteiger partial charge on any atom is -0.510 e. The first-order valence-corrected chi connectivity index (χ1v) is 12.2. The van der Waals surface area contributed by atoms with Crippen molar-refractivity contribution < 1.29 is 44.3 Å². The molecule has 3 aliphatic rings. The molecule has 3 aliphatic carbocycles. The summed E-state index contributed by atoms with van der Waals surface area (Å²) in [4.78, 5) is 40.8. The highest BCUT2D eigenvalue weighted by Crippen LogP contribution is 2.56. The van der Waals surface area contributed by atoms with E-state index in [0.29, 0.717) is 16.7 Å². The molecule has 6 atom stereocenters. The van der Waals surface area contributed by atoms with Crippen LogP contribution < -0.4 is 5.73 Å². The van der Waals surface area contributed by atoms with Gasteiger partial charge in [-0.05, 0) is 54.9 Å². The minimum absolute atomic E-state index is 0.211. The molecule has 0 aromatic heterocycles. The highest BCUT2D eigenvalue weighted by Gasteiger charge is 2.67. The minimum atomic E-state index is -2.98. The van der Waals surface area contributed by atoms with Crippen LogP contribution in [-0.4, -0.2) is 79.7 Å². The Morgan fingerprint density at radius 1 is 1.05 bits per heavy atom.